The Bertz CT molecular complexity index is 824. The van der Waals surface area contributed by atoms with Crippen LogP contribution in [0.2, 0.25) is 0 Å². The van der Waals surface area contributed by atoms with Gasteiger partial charge in [-0.05, 0) is 61.4 Å². The first-order chi connectivity index (χ1) is 14.5. The SMILES string of the molecule is CCCCCCCOc1ccc(C(=O)NNC(=O)COc2ccc(Br)c(C)c2)cc1. The number of carbonyl (C=O) groups is 2. The molecule has 30 heavy (non-hydrogen) atoms. The maximum atomic E-state index is 12.2. The predicted molar refractivity (Wildman–Crippen MR) is 121 cm³/mol. The topological polar surface area (TPSA) is 76.7 Å². The van der Waals surface area contributed by atoms with E-state index in [0.717, 1.165) is 22.2 Å². The molecule has 0 aliphatic rings. The fourth-order valence-corrected chi connectivity index (χ4v) is 2.94. The maximum Gasteiger partial charge on any atom is 0.276 e. The molecule has 6 nitrogen and oxygen atoms in total. The largest absolute Gasteiger partial charge is 0.494 e. The molecule has 0 unspecified atom stereocenters. The molecule has 7 heteroatoms. The van der Waals surface area contributed by atoms with Crippen molar-refractivity contribution in [3.63, 3.8) is 0 Å². The molecule has 0 saturated carbocycles. The van der Waals surface area contributed by atoms with Crippen LogP contribution in [0.1, 0.15) is 54.9 Å². The van der Waals surface area contributed by atoms with E-state index >= 15 is 0 Å². The van der Waals surface area contributed by atoms with Gasteiger partial charge in [0.1, 0.15) is 11.5 Å². The molecular weight excluding hydrogens is 448 g/mol. The number of unbranched alkanes of at least 4 members (excludes halogenated alkanes) is 4. The summed E-state index contributed by atoms with van der Waals surface area (Å²) in [5.41, 5.74) is 6.16. The Balaban J connectivity index is 1.68. The zero-order valence-electron chi connectivity index (χ0n) is 17.5. The van der Waals surface area contributed by atoms with Crippen LogP contribution in [-0.2, 0) is 4.79 Å². The van der Waals surface area contributed by atoms with Crippen molar-refractivity contribution < 1.29 is 19.1 Å². The third-order valence-corrected chi connectivity index (χ3v) is 5.34. The van der Waals surface area contributed by atoms with Crippen molar-refractivity contribution >= 4 is 27.7 Å². The molecular formula is C23H29BrN2O4. The third kappa shape index (κ3) is 8.45. The van der Waals surface area contributed by atoms with Crippen LogP contribution in [0.25, 0.3) is 0 Å². The Hall–Kier alpha value is -2.54. The molecule has 0 spiro atoms. The standard InChI is InChI=1S/C23H29BrN2O4/c1-3-4-5-6-7-14-29-19-10-8-18(9-11-19)23(28)26-25-22(27)16-30-20-12-13-21(24)17(2)15-20/h8-13,15H,3-7,14,16H2,1-2H3,(H,25,27)(H,26,28). The van der Waals surface area contributed by atoms with Gasteiger partial charge in [-0.2, -0.15) is 0 Å². The minimum atomic E-state index is -0.452. The Morgan fingerprint density at radius 2 is 1.60 bits per heavy atom. The normalized spacial score (nSPS) is 10.4. The second-order valence-electron chi connectivity index (χ2n) is 6.99. The first kappa shape index (κ1) is 23.7. The van der Waals surface area contributed by atoms with Crippen molar-refractivity contribution in [2.75, 3.05) is 13.2 Å². The molecule has 162 valence electrons. The molecule has 2 aromatic rings. The lowest BCUT2D eigenvalue weighted by atomic mass is 10.2. The molecule has 2 rings (SSSR count). The third-order valence-electron chi connectivity index (χ3n) is 4.45. The van der Waals surface area contributed by atoms with Gasteiger partial charge in [0.05, 0.1) is 6.61 Å². The monoisotopic (exact) mass is 476 g/mol. The molecule has 0 bridgehead atoms. The van der Waals surface area contributed by atoms with E-state index in [1.165, 1.54) is 25.7 Å². The summed E-state index contributed by atoms with van der Waals surface area (Å²) in [6.07, 6.45) is 5.91. The van der Waals surface area contributed by atoms with E-state index in [0.29, 0.717) is 17.9 Å². The minimum Gasteiger partial charge on any atom is -0.494 e. The zero-order chi connectivity index (χ0) is 21.8. The highest BCUT2D eigenvalue weighted by Crippen LogP contribution is 2.21. The van der Waals surface area contributed by atoms with Gasteiger partial charge in [-0.1, -0.05) is 48.5 Å². The lowest BCUT2D eigenvalue weighted by molar-refractivity contribution is -0.123. The number of aryl methyl sites for hydroxylation is 1. The van der Waals surface area contributed by atoms with Crippen molar-refractivity contribution in [2.45, 2.75) is 46.0 Å². The molecule has 2 amide bonds. The van der Waals surface area contributed by atoms with Crippen LogP contribution >= 0.6 is 15.9 Å². The molecule has 0 atom stereocenters. The van der Waals surface area contributed by atoms with Crippen LogP contribution in [0.15, 0.2) is 46.9 Å². The summed E-state index contributed by atoms with van der Waals surface area (Å²) in [6.45, 7) is 4.59. The lowest BCUT2D eigenvalue weighted by Crippen LogP contribution is -2.43. The molecule has 0 aromatic heterocycles. The quantitative estimate of drug-likeness (QED) is 0.355. The molecule has 0 radical (unpaired) electrons. The number of nitrogens with one attached hydrogen (secondary N) is 2. The van der Waals surface area contributed by atoms with Crippen LogP contribution < -0.4 is 20.3 Å². The van der Waals surface area contributed by atoms with E-state index in [-0.39, 0.29) is 6.61 Å². The average Bonchev–Trinajstić information content (AvgIpc) is 2.75. The molecule has 0 saturated heterocycles. The summed E-state index contributed by atoms with van der Waals surface area (Å²) in [5.74, 6) is 0.447. The van der Waals surface area contributed by atoms with Gasteiger partial charge < -0.3 is 9.47 Å². The lowest BCUT2D eigenvalue weighted by Gasteiger charge is -2.10. The average molecular weight is 477 g/mol. The van der Waals surface area contributed by atoms with E-state index in [1.54, 1.807) is 30.3 Å². The van der Waals surface area contributed by atoms with Crippen LogP contribution in [0.5, 0.6) is 11.5 Å². The number of rotatable bonds is 11. The number of hydrazine groups is 1. The number of benzene rings is 2. The van der Waals surface area contributed by atoms with E-state index in [9.17, 15) is 9.59 Å². The smallest absolute Gasteiger partial charge is 0.276 e. The fraction of sp³-hybridized carbons (Fsp3) is 0.391. The van der Waals surface area contributed by atoms with Gasteiger partial charge in [0, 0.05) is 10.0 Å². The molecule has 0 heterocycles. The number of ether oxygens (including phenoxy) is 2. The summed E-state index contributed by atoms with van der Waals surface area (Å²) in [4.78, 5) is 24.1. The summed E-state index contributed by atoms with van der Waals surface area (Å²) in [5, 5.41) is 0. The van der Waals surface area contributed by atoms with Crippen molar-refractivity contribution in [3.05, 3.63) is 58.1 Å². The second-order valence-corrected chi connectivity index (χ2v) is 7.84. The highest BCUT2D eigenvalue weighted by molar-refractivity contribution is 9.10. The molecule has 0 aliphatic heterocycles. The van der Waals surface area contributed by atoms with Gasteiger partial charge in [0.15, 0.2) is 6.61 Å². The van der Waals surface area contributed by atoms with Gasteiger partial charge in [0.2, 0.25) is 0 Å². The predicted octanol–water partition coefficient (Wildman–Crippen LogP) is 4.95. The van der Waals surface area contributed by atoms with Crippen molar-refractivity contribution in [3.8, 4) is 11.5 Å². The maximum absolute atomic E-state index is 12.2. The van der Waals surface area contributed by atoms with E-state index in [2.05, 4.69) is 33.7 Å². The van der Waals surface area contributed by atoms with Crippen LogP contribution in [0.4, 0.5) is 0 Å². The Morgan fingerprint density at radius 1 is 0.900 bits per heavy atom. The number of amides is 2. The molecule has 0 fully saturated rings. The van der Waals surface area contributed by atoms with Crippen LogP contribution in [0.3, 0.4) is 0 Å². The Morgan fingerprint density at radius 3 is 2.30 bits per heavy atom. The zero-order valence-corrected chi connectivity index (χ0v) is 19.1. The summed E-state index contributed by atoms with van der Waals surface area (Å²) in [7, 11) is 0. The number of hydrogen-bond acceptors (Lipinski definition) is 4. The highest BCUT2D eigenvalue weighted by atomic mass is 79.9. The van der Waals surface area contributed by atoms with E-state index in [4.69, 9.17) is 9.47 Å². The van der Waals surface area contributed by atoms with Crippen molar-refractivity contribution in [1.82, 2.24) is 10.9 Å². The van der Waals surface area contributed by atoms with Crippen molar-refractivity contribution in [2.24, 2.45) is 0 Å². The van der Waals surface area contributed by atoms with E-state index in [1.807, 2.05) is 19.1 Å². The fourth-order valence-electron chi connectivity index (χ4n) is 2.69. The van der Waals surface area contributed by atoms with E-state index < -0.39 is 11.8 Å². The van der Waals surface area contributed by atoms with Gasteiger partial charge in [0.25, 0.3) is 11.8 Å². The number of halogens is 1. The second kappa shape index (κ2) is 12.9. The summed E-state index contributed by atoms with van der Waals surface area (Å²) >= 11 is 3.41. The minimum absolute atomic E-state index is 0.202. The highest BCUT2D eigenvalue weighted by Gasteiger charge is 2.09. The molecule has 0 aliphatic carbocycles. The first-order valence-corrected chi connectivity index (χ1v) is 11.0. The molecule has 2 N–H and O–H groups in total. The van der Waals surface area contributed by atoms with Gasteiger partial charge in [-0.25, -0.2) is 0 Å². The number of carbonyl (C=O) groups excluding carboxylic acids is 2. The van der Waals surface area contributed by atoms with Gasteiger partial charge in [-0.3, -0.25) is 20.4 Å². The van der Waals surface area contributed by atoms with Gasteiger partial charge >= 0.3 is 0 Å². The Labute approximate surface area is 186 Å². The van der Waals surface area contributed by atoms with Crippen LogP contribution in [0, 0.1) is 6.92 Å². The Kier molecular flexibility index (Phi) is 10.2. The summed E-state index contributed by atoms with van der Waals surface area (Å²) < 4.78 is 12.1. The first-order valence-electron chi connectivity index (χ1n) is 10.2. The summed E-state index contributed by atoms with van der Waals surface area (Å²) in [6, 6.07) is 12.3. The van der Waals surface area contributed by atoms with Gasteiger partial charge in [-0.15, -0.1) is 0 Å². The van der Waals surface area contributed by atoms with Crippen LogP contribution in [-0.4, -0.2) is 25.0 Å². The van der Waals surface area contributed by atoms with Crippen molar-refractivity contribution in [1.29, 1.82) is 0 Å². The number of hydrogen-bond donors (Lipinski definition) is 2. The molecule has 2 aromatic carbocycles.